The van der Waals surface area contributed by atoms with Crippen LogP contribution in [0, 0.1) is 0 Å². The third-order valence-corrected chi connectivity index (χ3v) is 5.39. The molecular formula is C24H25N3O5. The molecule has 0 radical (unpaired) electrons. The first-order valence-electron chi connectivity index (χ1n) is 10.4. The lowest BCUT2D eigenvalue weighted by atomic mass is 10.1. The zero-order valence-electron chi connectivity index (χ0n) is 18.1. The molecule has 1 aliphatic rings. The molecule has 4 rings (SSSR count). The van der Waals surface area contributed by atoms with E-state index in [0.29, 0.717) is 49.8 Å². The van der Waals surface area contributed by atoms with E-state index in [1.807, 2.05) is 36.4 Å². The molecule has 32 heavy (non-hydrogen) atoms. The van der Waals surface area contributed by atoms with E-state index in [1.165, 1.54) is 7.11 Å². The second-order valence-electron chi connectivity index (χ2n) is 7.39. The third kappa shape index (κ3) is 4.65. The molecule has 0 saturated carbocycles. The first kappa shape index (κ1) is 21.6. The molecule has 1 fully saturated rings. The molecule has 2 heterocycles. The van der Waals surface area contributed by atoms with Crippen LogP contribution in [-0.4, -0.2) is 67.1 Å². The van der Waals surface area contributed by atoms with Crippen LogP contribution in [0.3, 0.4) is 0 Å². The molecule has 8 heteroatoms. The van der Waals surface area contributed by atoms with Gasteiger partial charge in [-0.3, -0.25) is 9.48 Å². The Labute approximate surface area is 186 Å². The molecule has 166 valence electrons. The Morgan fingerprint density at radius 2 is 1.69 bits per heavy atom. The van der Waals surface area contributed by atoms with Crippen LogP contribution in [0.4, 0.5) is 0 Å². The fourth-order valence-corrected chi connectivity index (χ4v) is 3.58. The van der Waals surface area contributed by atoms with Crippen LogP contribution < -0.4 is 4.74 Å². The first-order chi connectivity index (χ1) is 15.6. The second-order valence-corrected chi connectivity index (χ2v) is 7.39. The first-order valence-corrected chi connectivity index (χ1v) is 10.4. The standard InChI is InChI=1S/C24H25N3O5/c1-30-20-9-3-17(4-10-20)16-27-22(24(29)31-2)15-21(25-27)18-5-7-19(8-6-18)23(28)26-11-13-32-14-12-26/h3-10,15H,11-14,16H2,1-2H3. The average molecular weight is 435 g/mol. The summed E-state index contributed by atoms with van der Waals surface area (Å²) in [6.45, 7) is 2.72. The molecule has 0 bridgehead atoms. The molecule has 1 aliphatic heterocycles. The maximum atomic E-state index is 12.7. The van der Waals surface area contributed by atoms with Crippen LogP contribution in [0.1, 0.15) is 26.4 Å². The van der Waals surface area contributed by atoms with Gasteiger partial charge in [-0.2, -0.15) is 5.10 Å². The minimum atomic E-state index is -0.462. The molecule has 1 amide bonds. The highest BCUT2D eigenvalue weighted by molar-refractivity contribution is 5.95. The van der Waals surface area contributed by atoms with E-state index in [2.05, 4.69) is 5.10 Å². The van der Waals surface area contributed by atoms with Crippen LogP contribution in [0.15, 0.2) is 54.6 Å². The summed E-state index contributed by atoms with van der Waals surface area (Å²) < 4.78 is 17.1. The molecule has 3 aromatic rings. The lowest BCUT2D eigenvalue weighted by molar-refractivity contribution is 0.0303. The van der Waals surface area contributed by atoms with E-state index >= 15 is 0 Å². The molecule has 0 N–H and O–H groups in total. The summed E-state index contributed by atoms with van der Waals surface area (Å²) >= 11 is 0. The van der Waals surface area contributed by atoms with Crippen LogP contribution >= 0.6 is 0 Å². The van der Waals surface area contributed by atoms with Crippen molar-refractivity contribution in [2.24, 2.45) is 0 Å². The van der Waals surface area contributed by atoms with Crippen molar-refractivity contribution in [2.45, 2.75) is 6.54 Å². The van der Waals surface area contributed by atoms with Gasteiger partial charge in [0, 0.05) is 24.2 Å². The average Bonchev–Trinajstić information content (AvgIpc) is 3.28. The van der Waals surface area contributed by atoms with Crippen molar-refractivity contribution < 1.29 is 23.8 Å². The van der Waals surface area contributed by atoms with Gasteiger partial charge in [0.1, 0.15) is 11.4 Å². The van der Waals surface area contributed by atoms with Gasteiger partial charge in [-0.15, -0.1) is 0 Å². The van der Waals surface area contributed by atoms with E-state index in [1.54, 1.807) is 34.9 Å². The summed E-state index contributed by atoms with van der Waals surface area (Å²) in [5.41, 5.74) is 3.37. The van der Waals surface area contributed by atoms with Gasteiger partial charge in [-0.25, -0.2) is 4.79 Å². The lowest BCUT2D eigenvalue weighted by Crippen LogP contribution is -2.40. The number of methoxy groups -OCH3 is 2. The summed E-state index contributed by atoms with van der Waals surface area (Å²) in [4.78, 5) is 26.8. The van der Waals surface area contributed by atoms with Gasteiger partial charge in [0.05, 0.1) is 39.7 Å². The van der Waals surface area contributed by atoms with Gasteiger partial charge in [-0.05, 0) is 35.9 Å². The minimum Gasteiger partial charge on any atom is -0.497 e. The van der Waals surface area contributed by atoms with Crippen molar-refractivity contribution in [2.75, 3.05) is 40.5 Å². The van der Waals surface area contributed by atoms with E-state index in [9.17, 15) is 9.59 Å². The van der Waals surface area contributed by atoms with Crippen LogP contribution in [0.5, 0.6) is 5.75 Å². The largest absolute Gasteiger partial charge is 0.497 e. The Kier molecular flexibility index (Phi) is 6.51. The number of carbonyl (C=O) groups excluding carboxylic acids is 2. The molecular weight excluding hydrogens is 410 g/mol. The van der Waals surface area contributed by atoms with E-state index in [-0.39, 0.29) is 5.91 Å². The fourth-order valence-electron chi connectivity index (χ4n) is 3.58. The zero-order chi connectivity index (χ0) is 22.5. The molecule has 2 aromatic carbocycles. The maximum absolute atomic E-state index is 12.7. The topological polar surface area (TPSA) is 82.9 Å². The molecule has 0 spiro atoms. The Hall–Kier alpha value is -3.65. The third-order valence-electron chi connectivity index (χ3n) is 5.39. The number of ether oxygens (including phenoxy) is 3. The number of amides is 1. The molecule has 1 aromatic heterocycles. The number of nitrogens with zero attached hydrogens (tertiary/aromatic N) is 3. The quantitative estimate of drug-likeness (QED) is 0.554. The Bertz CT molecular complexity index is 1080. The van der Waals surface area contributed by atoms with Crippen molar-refractivity contribution >= 4 is 11.9 Å². The minimum absolute atomic E-state index is 0.0138. The Balaban J connectivity index is 1.57. The fraction of sp³-hybridized carbons (Fsp3) is 0.292. The summed E-state index contributed by atoms with van der Waals surface area (Å²) in [6.07, 6.45) is 0. The van der Waals surface area contributed by atoms with Gasteiger partial charge in [0.25, 0.3) is 5.91 Å². The number of hydrogen-bond acceptors (Lipinski definition) is 6. The lowest BCUT2D eigenvalue weighted by Gasteiger charge is -2.26. The van der Waals surface area contributed by atoms with Gasteiger partial charge in [0.15, 0.2) is 0 Å². The molecule has 0 aliphatic carbocycles. The van der Waals surface area contributed by atoms with Gasteiger partial charge >= 0.3 is 5.97 Å². The molecule has 8 nitrogen and oxygen atoms in total. The normalized spacial score (nSPS) is 13.6. The molecule has 0 unspecified atom stereocenters. The van der Waals surface area contributed by atoms with Crippen LogP contribution in [0.2, 0.25) is 0 Å². The highest BCUT2D eigenvalue weighted by Crippen LogP contribution is 2.22. The summed E-state index contributed by atoms with van der Waals surface area (Å²) in [5, 5.41) is 4.62. The van der Waals surface area contributed by atoms with E-state index in [0.717, 1.165) is 16.9 Å². The summed E-state index contributed by atoms with van der Waals surface area (Å²) in [7, 11) is 2.96. The molecule has 0 atom stereocenters. The van der Waals surface area contributed by atoms with Crippen LogP contribution in [0.25, 0.3) is 11.3 Å². The van der Waals surface area contributed by atoms with Crippen molar-refractivity contribution in [3.63, 3.8) is 0 Å². The highest BCUT2D eigenvalue weighted by Gasteiger charge is 2.20. The van der Waals surface area contributed by atoms with Crippen molar-refractivity contribution in [3.05, 3.63) is 71.4 Å². The van der Waals surface area contributed by atoms with Crippen molar-refractivity contribution in [3.8, 4) is 17.0 Å². The Morgan fingerprint density at radius 3 is 2.31 bits per heavy atom. The number of benzene rings is 2. The number of rotatable bonds is 6. The Morgan fingerprint density at radius 1 is 1.00 bits per heavy atom. The predicted molar refractivity (Wildman–Crippen MR) is 118 cm³/mol. The number of carbonyl (C=O) groups is 2. The number of hydrogen-bond donors (Lipinski definition) is 0. The monoisotopic (exact) mass is 435 g/mol. The SMILES string of the molecule is COC(=O)c1cc(-c2ccc(C(=O)N3CCOCC3)cc2)nn1Cc1ccc(OC)cc1. The molecule has 1 saturated heterocycles. The van der Waals surface area contributed by atoms with E-state index < -0.39 is 5.97 Å². The maximum Gasteiger partial charge on any atom is 0.356 e. The van der Waals surface area contributed by atoms with Crippen molar-refractivity contribution in [1.29, 1.82) is 0 Å². The van der Waals surface area contributed by atoms with Crippen molar-refractivity contribution in [1.82, 2.24) is 14.7 Å². The van der Waals surface area contributed by atoms with Gasteiger partial charge in [0.2, 0.25) is 0 Å². The number of aromatic nitrogens is 2. The van der Waals surface area contributed by atoms with Gasteiger partial charge < -0.3 is 19.1 Å². The number of esters is 1. The van der Waals surface area contributed by atoms with Crippen LogP contribution in [-0.2, 0) is 16.0 Å². The smallest absolute Gasteiger partial charge is 0.356 e. The van der Waals surface area contributed by atoms with Gasteiger partial charge in [-0.1, -0.05) is 24.3 Å². The number of morpholine rings is 1. The highest BCUT2D eigenvalue weighted by atomic mass is 16.5. The summed E-state index contributed by atoms with van der Waals surface area (Å²) in [6, 6.07) is 16.5. The predicted octanol–water partition coefficient (Wildman–Crippen LogP) is 2.87. The summed E-state index contributed by atoms with van der Waals surface area (Å²) in [5.74, 6) is 0.284. The zero-order valence-corrected chi connectivity index (χ0v) is 18.1. The van der Waals surface area contributed by atoms with E-state index in [4.69, 9.17) is 14.2 Å². The second kappa shape index (κ2) is 9.65.